The zero-order valence-electron chi connectivity index (χ0n) is 9.58. The molecule has 88 valence electrons. The number of amides is 1. The second kappa shape index (κ2) is 5.30. The van der Waals surface area contributed by atoms with Crippen LogP contribution in [0.2, 0.25) is 0 Å². The lowest BCUT2D eigenvalue weighted by molar-refractivity contribution is 0.0941. The number of hydrogen-bond acceptors (Lipinski definition) is 2. The van der Waals surface area contributed by atoms with E-state index in [1.807, 2.05) is 20.8 Å². The standard InChI is InChI=1S/C11H15BrN2O2/c1-4-14-6-8(12)5-9(11(14)16)10(15)13-7(2)3/h5-7H,4H2,1-3H3,(H,13,15). The third-order valence-corrected chi connectivity index (χ3v) is 2.49. The van der Waals surface area contributed by atoms with Crippen LogP contribution in [-0.4, -0.2) is 16.5 Å². The lowest BCUT2D eigenvalue weighted by Crippen LogP contribution is -2.36. The minimum absolute atomic E-state index is 0.0148. The van der Waals surface area contributed by atoms with E-state index in [0.29, 0.717) is 6.54 Å². The molecule has 1 aromatic heterocycles. The van der Waals surface area contributed by atoms with Gasteiger partial charge in [0.05, 0.1) is 0 Å². The van der Waals surface area contributed by atoms with Gasteiger partial charge >= 0.3 is 0 Å². The molecule has 0 fully saturated rings. The summed E-state index contributed by atoms with van der Waals surface area (Å²) in [5.74, 6) is -0.330. The van der Waals surface area contributed by atoms with Crippen molar-refractivity contribution in [2.24, 2.45) is 0 Å². The topological polar surface area (TPSA) is 51.1 Å². The first-order valence-corrected chi connectivity index (χ1v) is 5.95. The largest absolute Gasteiger partial charge is 0.350 e. The number of hydrogen-bond donors (Lipinski definition) is 1. The minimum atomic E-state index is -0.330. The number of aromatic nitrogens is 1. The van der Waals surface area contributed by atoms with Crippen LogP contribution in [0.3, 0.4) is 0 Å². The molecule has 1 N–H and O–H groups in total. The number of rotatable bonds is 3. The van der Waals surface area contributed by atoms with E-state index in [-0.39, 0.29) is 23.1 Å². The Morgan fingerprint density at radius 2 is 2.19 bits per heavy atom. The van der Waals surface area contributed by atoms with Crippen LogP contribution in [0.15, 0.2) is 21.5 Å². The van der Waals surface area contributed by atoms with E-state index in [1.54, 1.807) is 12.3 Å². The van der Waals surface area contributed by atoms with Gasteiger partial charge in [-0.3, -0.25) is 9.59 Å². The molecule has 1 aromatic rings. The Morgan fingerprint density at radius 1 is 1.56 bits per heavy atom. The molecule has 0 saturated heterocycles. The van der Waals surface area contributed by atoms with Crippen molar-refractivity contribution in [3.05, 3.63) is 32.7 Å². The summed E-state index contributed by atoms with van der Waals surface area (Å²) in [5.41, 5.74) is -0.0891. The van der Waals surface area contributed by atoms with Crippen LogP contribution < -0.4 is 10.9 Å². The molecule has 0 spiro atoms. The lowest BCUT2D eigenvalue weighted by atomic mass is 10.2. The number of carbonyl (C=O) groups is 1. The second-order valence-corrected chi connectivity index (χ2v) is 4.71. The Hall–Kier alpha value is -1.10. The number of nitrogens with one attached hydrogen (secondary N) is 1. The predicted molar refractivity (Wildman–Crippen MR) is 66.7 cm³/mol. The molecule has 16 heavy (non-hydrogen) atoms. The Balaban J connectivity index is 3.18. The van der Waals surface area contributed by atoms with Gasteiger partial charge < -0.3 is 9.88 Å². The van der Waals surface area contributed by atoms with E-state index in [0.717, 1.165) is 4.47 Å². The summed E-state index contributed by atoms with van der Waals surface area (Å²) < 4.78 is 2.22. The maximum absolute atomic E-state index is 11.9. The zero-order valence-corrected chi connectivity index (χ0v) is 11.2. The van der Waals surface area contributed by atoms with E-state index in [4.69, 9.17) is 0 Å². The van der Waals surface area contributed by atoms with E-state index in [1.165, 1.54) is 4.57 Å². The monoisotopic (exact) mass is 286 g/mol. The van der Waals surface area contributed by atoms with Gasteiger partial charge in [0.1, 0.15) is 5.56 Å². The van der Waals surface area contributed by atoms with Gasteiger partial charge in [0, 0.05) is 23.3 Å². The summed E-state index contributed by atoms with van der Waals surface area (Å²) in [6, 6.07) is 1.56. The van der Waals surface area contributed by atoms with Crippen molar-refractivity contribution in [2.75, 3.05) is 0 Å². The average Bonchev–Trinajstić information content (AvgIpc) is 2.19. The second-order valence-electron chi connectivity index (χ2n) is 3.79. The number of aryl methyl sites for hydroxylation is 1. The van der Waals surface area contributed by atoms with E-state index >= 15 is 0 Å². The summed E-state index contributed by atoms with van der Waals surface area (Å²) in [6.45, 7) is 6.11. The Labute approximate surface area is 103 Å². The molecular weight excluding hydrogens is 272 g/mol. The first-order valence-electron chi connectivity index (χ1n) is 5.16. The fourth-order valence-electron chi connectivity index (χ4n) is 1.34. The fraction of sp³-hybridized carbons (Fsp3) is 0.455. The molecule has 1 amide bonds. The van der Waals surface area contributed by atoms with Crippen LogP contribution in [0.1, 0.15) is 31.1 Å². The summed E-state index contributed by atoms with van der Waals surface area (Å²) in [5, 5.41) is 2.71. The van der Waals surface area contributed by atoms with Gasteiger partial charge in [-0.05, 0) is 42.8 Å². The van der Waals surface area contributed by atoms with Crippen LogP contribution in [0, 0.1) is 0 Å². The summed E-state index contributed by atoms with van der Waals surface area (Å²) in [4.78, 5) is 23.6. The highest BCUT2D eigenvalue weighted by atomic mass is 79.9. The molecular formula is C11H15BrN2O2. The van der Waals surface area contributed by atoms with Gasteiger partial charge in [-0.25, -0.2) is 0 Å². The molecule has 4 nitrogen and oxygen atoms in total. The van der Waals surface area contributed by atoms with Crippen molar-refractivity contribution >= 4 is 21.8 Å². The molecule has 1 rings (SSSR count). The summed E-state index contributed by atoms with van der Waals surface area (Å²) >= 11 is 3.28. The molecule has 0 aromatic carbocycles. The molecule has 0 unspecified atom stereocenters. The third-order valence-electron chi connectivity index (χ3n) is 2.06. The molecule has 0 atom stereocenters. The van der Waals surface area contributed by atoms with Gasteiger partial charge in [0.2, 0.25) is 0 Å². The van der Waals surface area contributed by atoms with E-state index in [2.05, 4.69) is 21.2 Å². The van der Waals surface area contributed by atoms with E-state index in [9.17, 15) is 9.59 Å². The molecule has 5 heteroatoms. The number of nitrogens with zero attached hydrogens (tertiary/aromatic N) is 1. The van der Waals surface area contributed by atoms with Gasteiger partial charge in [0.15, 0.2) is 0 Å². The molecule has 1 heterocycles. The number of pyridine rings is 1. The lowest BCUT2D eigenvalue weighted by Gasteiger charge is -2.10. The van der Waals surface area contributed by atoms with Crippen molar-refractivity contribution < 1.29 is 4.79 Å². The van der Waals surface area contributed by atoms with Gasteiger partial charge in [-0.2, -0.15) is 0 Å². The highest BCUT2D eigenvalue weighted by Gasteiger charge is 2.13. The highest BCUT2D eigenvalue weighted by Crippen LogP contribution is 2.08. The van der Waals surface area contributed by atoms with Gasteiger partial charge in [-0.15, -0.1) is 0 Å². The maximum Gasteiger partial charge on any atom is 0.263 e. The average molecular weight is 287 g/mol. The highest BCUT2D eigenvalue weighted by molar-refractivity contribution is 9.10. The molecule has 0 radical (unpaired) electrons. The summed E-state index contributed by atoms with van der Waals surface area (Å²) in [7, 11) is 0. The molecule has 0 bridgehead atoms. The van der Waals surface area contributed by atoms with Crippen molar-refractivity contribution in [1.29, 1.82) is 0 Å². The molecule has 0 aliphatic heterocycles. The van der Waals surface area contributed by atoms with Crippen molar-refractivity contribution in [1.82, 2.24) is 9.88 Å². The Kier molecular flexibility index (Phi) is 4.29. The van der Waals surface area contributed by atoms with Crippen LogP contribution in [0.4, 0.5) is 0 Å². The van der Waals surface area contributed by atoms with Gasteiger partial charge in [0.25, 0.3) is 11.5 Å². The molecule has 0 aliphatic carbocycles. The fourth-order valence-corrected chi connectivity index (χ4v) is 1.81. The first kappa shape index (κ1) is 13.0. The summed E-state index contributed by atoms with van der Waals surface area (Å²) in [6.07, 6.45) is 1.68. The smallest absolute Gasteiger partial charge is 0.263 e. The Bertz CT molecular complexity index is 452. The van der Waals surface area contributed by atoms with Gasteiger partial charge in [-0.1, -0.05) is 0 Å². The maximum atomic E-state index is 11.9. The third kappa shape index (κ3) is 2.95. The van der Waals surface area contributed by atoms with Crippen LogP contribution in [0.5, 0.6) is 0 Å². The van der Waals surface area contributed by atoms with E-state index < -0.39 is 0 Å². The quantitative estimate of drug-likeness (QED) is 0.921. The number of carbonyl (C=O) groups excluding carboxylic acids is 1. The number of halogens is 1. The Morgan fingerprint density at radius 3 is 2.69 bits per heavy atom. The van der Waals surface area contributed by atoms with Crippen LogP contribution in [0.25, 0.3) is 0 Å². The van der Waals surface area contributed by atoms with Crippen molar-refractivity contribution in [3.63, 3.8) is 0 Å². The van der Waals surface area contributed by atoms with Crippen LogP contribution in [-0.2, 0) is 6.54 Å². The molecule has 0 aliphatic rings. The van der Waals surface area contributed by atoms with Crippen LogP contribution >= 0.6 is 15.9 Å². The zero-order chi connectivity index (χ0) is 12.3. The van der Waals surface area contributed by atoms with Crippen molar-refractivity contribution in [2.45, 2.75) is 33.4 Å². The normalized spacial score (nSPS) is 10.6. The van der Waals surface area contributed by atoms with Crippen molar-refractivity contribution in [3.8, 4) is 0 Å². The predicted octanol–water partition coefficient (Wildman–Crippen LogP) is 1.77. The SMILES string of the molecule is CCn1cc(Br)cc(C(=O)NC(C)C)c1=O. The minimum Gasteiger partial charge on any atom is -0.350 e. The molecule has 0 saturated carbocycles. The first-order chi connectivity index (χ1) is 7.45.